The fourth-order valence-electron chi connectivity index (χ4n) is 2.64. The van der Waals surface area contributed by atoms with E-state index >= 15 is 0 Å². The summed E-state index contributed by atoms with van der Waals surface area (Å²) in [6.07, 6.45) is 17.6. The highest BCUT2D eigenvalue weighted by atomic mass is 32.3. The quantitative estimate of drug-likeness (QED) is 0.358. The molecule has 0 aromatic heterocycles. The summed E-state index contributed by atoms with van der Waals surface area (Å²) in [5.74, 6) is -0.982. The third-order valence-corrected chi connectivity index (χ3v) is 3.85. The van der Waals surface area contributed by atoms with Crippen LogP contribution in [-0.4, -0.2) is 34.0 Å². The summed E-state index contributed by atoms with van der Waals surface area (Å²) in [5, 5.41) is 10.0. The third kappa shape index (κ3) is 6.58. The summed E-state index contributed by atoms with van der Waals surface area (Å²) in [6, 6.07) is 0. The third-order valence-electron chi connectivity index (χ3n) is 3.85. The van der Waals surface area contributed by atoms with Crippen molar-refractivity contribution in [3.05, 3.63) is 24.3 Å². The highest BCUT2D eigenvalue weighted by molar-refractivity contribution is 7.79. The van der Waals surface area contributed by atoms with E-state index in [1.807, 2.05) is 18.2 Å². The normalized spacial score (nSPS) is 28.7. The SMILES string of the molecule is CCCCCCCCCC12C=CC=CC1(O)O2.O=S(=O)(O)O. The molecule has 22 heavy (non-hydrogen) atoms. The zero-order chi connectivity index (χ0) is 16.7. The lowest BCUT2D eigenvalue weighted by atomic mass is 9.91. The van der Waals surface area contributed by atoms with E-state index in [0.717, 1.165) is 12.8 Å². The van der Waals surface area contributed by atoms with Crippen molar-refractivity contribution in [2.75, 3.05) is 0 Å². The molecule has 2 atom stereocenters. The number of ether oxygens (including phenoxy) is 1. The van der Waals surface area contributed by atoms with Gasteiger partial charge in [0.1, 0.15) is 5.60 Å². The van der Waals surface area contributed by atoms with E-state index in [9.17, 15) is 5.11 Å². The van der Waals surface area contributed by atoms with Crippen LogP contribution in [0, 0.1) is 0 Å². The Morgan fingerprint density at radius 1 is 0.955 bits per heavy atom. The molecule has 128 valence electrons. The highest BCUT2D eigenvalue weighted by Crippen LogP contribution is 2.53. The standard InChI is InChI=1S/C15H24O2.H2O4S/c1-2-3-4-5-6-7-8-11-14-12-9-10-13-15(14,16)17-14;1-5(2,3)4/h9-10,12-13,16H,2-8,11H2,1H3;(H2,1,2,3,4). The molecule has 2 unspecified atom stereocenters. The van der Waals surface area contributed by atoms with Crippen LogP contribution in [0.15, 0.2) is 24.3 Å². The number of epoxide rings is 1. The Kier molecular flexibility index (Phi) is 7.21. The molecule has 1 fully saturated rings. The van der Waals surface area contributed by atoms with Crippen LogP contribution in [0.25, 0.3) is 0 Å². The number of hydrogen-bond acceptors (Lipinski definition) is 4. The second-order valence-corrected chi connectivity index (χ2v) is 6.62. The van der Waals surface area contributed by atoms with Gasteiger partial charge >= 0.3 is 10.4 Å². The van der Waals surface area contributed by atoms with Crippen molar-refractivity contribution in [1.82, 2.24) is 0 Å². The van der Waals surface area contributed by atoms with Crippen molar-refractivity contribution < 1.29 is 27.4 Å². The largest absolute Gasteiger partial charge is 0.394 e. The van der Waals surface area contributed by atoms with Crippen LogP contribution in [0.3, 0.4) is 0 Å². The average molecular weight is 334 g/mol. The number of hydrogen-bond donors (Lipinski definition) is 3. The van der Waals surface area contributed by atoms with Crippen LogP contribution in [0.2, 0.25) is 0 Å². The summed E-state index contributed by atoms with van der Waals surface area (Å²) in [5.41, 5.74) is -0.384. The number of unbranched alkanes of at least 4 members (excludes halogenated alkanes) is 6. The van der Waals surface area contributed by atoms with Gasteiger partial charge in [-0.1, -0.05) is 64.0 Å². The predicted molar refractivity (Wildman–Crippen MR) is 83.8 cm³/mol. The van der Waals surface area contributed by atoms with Gasteiger partial charge in [-0.05, 0) is 18.6 Å². The van der Waals surface area contributed by atoms with Gasteiger partial charge in [0.15, 0.2) is 0 Å². The van der Waals surface area contributed by atoms with Gasteiger partial charge in [-0.25, -0.2) is 0 Å². The maximum atomic E-state index is 10.0. The van der Waals surface area contributed by atoms with Gasteiger partial charge < -0.3 is 9.84 Å². The average Bonchev–Trinajstić information content (AvgIpc) is 3.02. The summed E-state index contributed by atoms with van der Waals surface area (Å²) >= 11 is 0. The summed E-state index contributed by atoms with van der Waals surface area (Å²) < 4.78 is 37.1. The topological polar surface area (TPSA) is 107 Å². The maximum Gasteiger partial charge on any atom is 0.394 e. The summed E-state index contributed by atoms with van der Waals surface area (Å²) in [4.78, 5) is 0. The van der Waals surface area contributed by atoms with E-state index in [-0.39, 0.29) is 5.60 Å². The predicted octanol–water partition coefficient (Wildman–Crippen LogP) is 3.06. The Bertz CT molecular complexity index is 490. The molecule has 0 aromatic carbocycles. The second-order valence-electron chi connectivity index (χ2n) is 5.73. The van der Waals surface area contributed by atoms with Crippen molar-refractivity contribution in [1.29, 1.82) is 0 Å². The van der Waals surface area contributed by atoms with Crippen molar-refractivity contribution in [3.8, 4) is 0 Å². The van der Waals surface area contributed by atoms with Crippen LogP contribution >= 0.6 is 0 Å². The molecule has 1 aliphatic heterocycles. The summed E-state index contributed by atoms with van der Waals surface area (Å²) in [7, 11) is -4.67. The Balaban J connectivity index is 0.000000422. The van der Waals surface area contributed by atoms with Crippen molar-refractivity contribution in [2.45, 2.75) is 69.7 Å². The lowest BCUT2D eigenvalue weighted by molar-refractivity contribution is 0.0825. The first kappa shape index (κ1) is 19.3. The Morgan fingerprint density at radius 3 is 2.00 bits per heavy atom. The van der Waals surface area contributed by atoms with Gasteiger partial charge in [-0.15, -0.1) is 0 Å². The second kappa shape index (κ2) is 8.21. The molecule has 1 saturated heterocycles. The minimum atomic E-state index is -4.67. The molecule has 1 heterocycles. The van der Waals surface area contributed by atoms with E-state index in [1.165, 1.54) is 38.5 Å². The molecule has 2 aliphatic rings. The van der Waals surface area contributed by atoms with Gasteiger partial charge in [0.25, 0.3) is 0 Å². The molecule has 1 aliphatic carbocycles. The fraction of sp³-hybridized carbons (Fsp3) is 0.733. The van der Waals surface area contributed by atoms with E-state index in [4.69, 9.17) is 22.3 Å². The summed E-state index contributed by atoms with van der Waals surface area (Å²) in [6.45, 7) is 2.24. The van der Waals surface area contributed by atoms with Crippen molar-refractivity contribution in [3.63, 3.8) is 0 Å². The van der Waals surface area contributed by atoms with Crippen molar-refractivity contribution in [2.24, 2.45) is 0 Å². The first-order chi connectivity index (χ1) is 10.2. The van der Waals surface area contributed by atoms with Gasteiger partial charge in [0.05, 0.1) is 0 Å². The molecule has 0 radical (unpaired) electrons. The Labute approximate surface area is 132 Å². The van der Waals surface area contributed by atoms with E-state index < -0.39 is 16.2 Å². The fourth-order valence-corrected chi connectivity index (χ4v) is 2.64. The van der Waals surface area contributed by atoms with Crippen LogP contribution in [0.4, 0.5) is 0 Å². The highest BCUT2D eigenvalue weighted by Gasteiger charge is 2.66. The monoisotopic (exact) mass is 334 g/mol. The molecular weight excluding hydrogens is 308 g/mol. The molecule has 7 heteroatoms. The number of rotatable bonds is 8. The molecule has 2 rings (SSSR count). The van der Waals surface area contributed by atoms with E-state index in [1.54, 1.807) is 6.08 Å². The molecule has 0 bridgehead atoms. The number of fused-ring (bicyclic) bond motifs is 1. The first-order valence-corrected chi connectivity index (χ1v) is 9.12. The molecule has 0 aromatic rings. The maximum absolute atomic E-state index is 10.0. The van der Waals surface area contributed by atoms with Crippen molar-refractivity contribution >= 4 is 10.4 Å². The molecule has 3 N–H and O–H groups in total. The number of allylic oxidation sites excluding steroid dienone is 2. The molecule has 6 nitrogen and oxygen atoms in total. The minimum Gasteiger partial charge on any atom is -0.360 e. The molecule has 0 saturated carbocycles. The number of aliphatic hydroxyl groups is 1. The van der Waals surface area contributed by atoms with Gasteiger partial charge in [0.2, 0.25) is 5.79 Å². The Hall–Kier alpha value is -0.730. The van der Waals surface area contributed by atoms with Gasteiger partial charge in [-0.3, -0.25) is 9.11 Å². The zero-order valence-electron chi connectivity index (χ0n) is 12.9. The van der Waals surface area contributed by atoms with E-state index in [0.29, 0.717) is 0 Å². The lowest BCUT2D eigenvalue weighted by Crippen LogP contribution is -2.23. The van der Waals surface area contributed by atoms with Crippen LogP contribution < -0.4 is 0 Å². The Morgan fingerprint density at radius 2 is 1.45 bits per heavy atom. The molecular formula is C15H26O6S. The minimum absolute atomic E-state index is 0.384. The molecule has 0 amide bonds. The lowest BCUT2D eigenvalue weighted by Gasteiger charge is -2.11. The zero-order valence-corrected chi connectivity index (χ0v) is 13.8. The molecule has 0 spiro atoms. The van der Waals surface area contributed by atoms with E-state index in [2.05, 4.69) is 6.92 Å². The van der Waals surface area contributed by atoms with Gasteiger partial charge in [0, 0.05) is 0 Å². The van der Waals surface area contributed by atoms with Crippen LogP contribution in [-0.2, 0) is 15.1 Å². The van der Waals surface area contributed by atoms with Gasteiger partial charge in [-0.2, -0.15) is 8.42 Å². The first-order valence-electron chi connectivity index (χ1n) is 7.72. The smallest absolute Gasteiger partial charge is 0.360 e. The van der Waals surface area contributed by atoms with Crippen LogP contribution in [0.1, 0.15) is 58.3 Å². The van der Waals surface area contributed by atoms with Crippen LogP contribution in [0.5, 0.6) is 0 Å².